The molecule has 1 unspecified atom stereocenters. The van der Waals surface area contributed by atoms with E-state index in [-0.39, 0.29) is 6.10 Å². The molecule has 1 N–H and O–H groups in total. The van der Waals surface area contributed by atoms with Crippen molar-refractivity contribution in [3.05, 3.63) is 35.9 Å². The zero-order chi connectivity index (χ0) is 6.69. The summed E-state index contributed by atoms with van der Waals surface area (Å²) in [5.41, 5.74) is 0.914. The third-order valence-corrected chi connectivity index (χ3v) is 1.21. The Bertz CT molecular complexity index is 167. The minimum atomic E-state index is -0.373. The van der Waals surface area contributed by atoms with E-state index in [1.165, 1.54) is 0 Å². The lowest BCUT2D eigenvalue weighted by atomic mass is 10.1. The van der Waals surface area contributed by atoms with E-state index in [1.54, 1.807) is 13.0 Å². The maximum atomic E-state index is 9.00. The van der Waals surface area contributed by atoms with Crippen molar-refractivity contribution in [2.75, 3.05) is 0 Å². The first kappa shape index (κ1) is 6.30. The first-order chi connectivity index (χ1) is 4.30. The van der Waals surface area contributed by atoms with E-state index in [0.717, 1.165) is 5.56 Å². The molecule has 1 heteroatoms. The van der Waals surface area contributed by atoms with Crippen molar-refractivity contribution in [2.45, 2.75) is 13.0 Å². The molecule has 0 saturated heterocycles. The van der Waals surface area contributed by atoms with Crippen LogP contribution in [0.2, 0.25) is 0 Å². The molecule has 0 bridgehead atoms. The molecule has 0 spiro atoms. The van der Waals surface area contributed by atoms with Crippen LogP contribution >= 0.6 is 0 Å². The molecule has 0 aliphatic heterocycles. The molecular formula is C8H9O. The number of hydrogen-bond acceptors (Lipinski definition) is 1. The summed E-state index contributed by atoms with van der Waals surface area (Å²) in [6.45, 7) is 1.74. The molecule has 0 heterocycles. The van der Waals surface area contributed by atoms with Crippen molar-refractivity contribution in [3.8, 4) is 0 Å². The highest BCUT2D eigenvalue weighted by molar-refractivity contribution is 5.15. The minimum Gasteiger partial charge on any atom is -0.389 e. The average molecular weight is 121 g/mol. The maximum Gasteiger partial charge on any atom is 0.0762 e. The largest absolute Gasteiger partial charge is 0.389 e. The van der Waals surface area contributed by atoms with Crippen molar-refractivity contribution < 1.29 is 5.11 Å². The fourth-order valence-electron chi connectivity index (χ4n) is 0.667. The van der Waals surface area contributed by atoms with Gasteiger partial charge in [-0.2, -0.15) is 0 Å². The second-order valence-electron chi connectivity index (χ2n) is 2.01. The van der Waals surface area contributed by atoms with Crippen LogP contribution in [0.1, 0.15) is 18.6 Å². The Hall–Kier alpha value is -0.820. The predicted molar refractivity (Wildman–Crippen MR) is 35.9 cm³/mol. The van der Waals surface area contributed by atoms with Crippen LogP contribution in [-0.2, 0) is 0 Å². The second kappa shape index (κ2) is 2.65. The van der Waals surface area contributed by atoms with Crippen LogP contribution in [0.4, 0.5) is 0 Å². The Balaban J connectivity index is 2.85. The van der Waals surface area contributed by atoms with Gasteiger partial charge >= 0.3 is 0 Å². The monoisotopic (exact) mass is 121 g/mol. The normalized spacial score (nSPS) is 13.1. The van der Waals surface area contributed by atoms with Crippen LogP contribution in [0.3, 0.4) is 0 Å². The van der Waals surface area contributed by atoms with Gasteiger partial charge in [-0.25, -0.2) is 0 Å². The van der Waals surface area contributed by atoms with E-state index < -0.39 is 0 Å². The summed E-state index contributed by atoms with van der Waals surface area (Å²) in [6, 6.07) is 10.2. The van der Waals surface area contributed by atoms with E-state index in [2.05, 4.69) is 6.07 Å². The highest BCUT2D eigenvalue weighted by atomic mass is 16.3. The molecule has 1 nitrogen and oxygen atoms in total. The van der Waals surface area contributed by atoms with Gasteiger partial charge < -0.3 is 5.11 Å². The molecule has 0 fully saturated rings. The van der Waals surface area contributed by atoms with Crippen molar-refractivity contribution in [2.24, 2.45) is 0 Å². The molecular weight excluding hydrogens is 112 g/mol. The zero-order valence-electron chi connectivity index (χ0n) is 5.33. The fourth-order valence-corrected chi connectivity index (χ4v) is 0.667. The molecule has 0 saturated carbocycles. The summed E-state index contributed by atoms with van der Waals surface area (Å²) in [7, 11) is 0. The lowest BCUT2D eigenvalue weighted by Gasteiger charge is -2.00. The lowest BCUT2D eigenvalue weighted by molar-refractivity contribution is 0.199. The van der Waals surface area contributed by atoms with Crippen molar-refractivity contribution in [1.29, 1.82) is 0 Å². The smallest absolute Gasteiger partial charge is 0.0762 e. The number of hydrogen-bond donors (Lipinski definition) is 1. The second-order valence-corrected chi connectivity index (χ2v) is 2.01. The number of aliphatic hydroxyl groups is 1. The topological polar surface area (TPSA) is 20.2 Å². The first-order valence-corrected chi connectivity index (χ1v) is 2.95. The van der Waals surface area contributed by atoms with Gasteiger partial charge in [0.2, 0.25) is 0 Å². The van der Waals surface area contributed by atoms with Crippen LogP contribution in [0, 0.1) is 6.07 Å². The maximum absolute atomic E-state index is 9.00. The number of aliphatic hydroxyl groups excluding tert-OH is 1. The molecule has 0 amide bonds. The van der Waals surface area contributed by atoms with Crippen LogP contribution in [-0.4, -0.2) is 5.11 Å². The standard InChI is InChI=1S/C8H9O/c1-7(9)8-5-3-2-4-6-8/h2-3,5-7,9H,1H3. The molecule has 0 aliphatic carbocycles. The molecule has 1 rings (SSSR count). The Kier molecular flexibility index (Phi) is 1.85. The minimum absolute atomic E-state index is 0.373. The Labute approximate surface area is 55.0 Å². The van der Waals surface area contributed by atoms with Gasteiger partial charge in [-0.1, -0.05) is 18.2 Å². The van der Waals surface area contributed by atoms with E-state index in [0.29, 0.717) is 0 Å². The van der Waals surface area contributed by atoms with Gasteiger partial charge in [0.05, 0.1) is 6.10 Å². The summed E-state index contributed by atoms with van der Waals surface area (Å²) in [5.74, 6) is 0. The molecule has 9 heavy (non-hydrogen) atoms. The summed E-state index contributed by atoms with van der Waals surface area (Å²) in [6.07, 6.45) is -0.373. The molecule has 1 radical (unpaired) electrons. The molecule has 47 valence electrons. The number of rotatable bonds is 1. The molecule has 1 atom stereocenters. The SMILES string of the molecule is CC(O)c1c[c]ccc1. The van der Waals surface area contributed by atoms with E-state index in [9.17, 15) is 0 Å². The lowest BCUT2D eigenvalue weighted by Crippen LogP contribution is -1.88. The molecule has 0 aromatic heterocycles. The summed E-state index contributed by atoms with van der Waals surface area (Å²) in [4.78, 5) is 0. The van der Waals surface area contributed by atoms with Crippen LogP contribution in [0.15, 0.2) is 24.3 Å². The van der Waals surface area contributed by atoms with E-state index in [1.807, 2.05) is 18.2 Å². The predicted octanol–water partition coefficient (Wildman–Crippen LogP) is 1.54. The number of benzene rings is 1. The van der Waals surface area contributed by atoms with E-state index >= 15 is 0 Å². The fraction of sp³-hybridized carbons (Fsp3) is 0.250. The molecule has 0 aliphatic rings. The molecule has 1 aromatic rings. The highest BCUT2D eigenvalue weighted by Gasteiger charge is 1.95. The Morgan fingerprint density at radius 3 is 2.78 bits per heavy atom. The Morgan fingerprint density at radius 2 is 2.44 bits per heavy atom. The van der Waals surface area contributed by atoms with Crippen molar-refractivity contribution in [3.63, 3.8) is 0 Å². The third kappa shape index (κ3) is 1.54. The van der Waals surface area contributed by atoms with Gasteiger partial charge in [0, 0.05) is 0 Å². The van der Waals surface area contributed by atoms with Crippen molar-refractivity contribution >= 4 is 0 Å². The summed E-state index contributed by atoms with van der Waals surface area (Å²) >= 11 is 0. The van der Waals surface area contributed by atoms with Gasteiger partial charge in [0.1, 0.15) is 0 Å². The zero-order valence-corrected chi connectivity index (χ0v) is 5.33. The Morgan fingerprint density at radius 1 is 1.67 bits per heavy atom. The van der Waals surface area contributed by atoms with Crippen LogP contribution in [0.25, 0.3) is 0 Å². The quantitative estimate of drug-likeness (QED) is 0.597. The summed E-state index contributed by atoms with van der Waals surface area (Å²) in [5, 5.41) is 9.00. The molecule has 1 aromatic carbocycles. The third-order valence-electron chi connectivity index (χ3n) is 1.21. The van der Waals surface area contributed by atoms with Crippen LogP contribution < -0.4 is 0 Å². The highest BCUT2D eigenvalue weighted by Crippen LogP contribution is 2.08. The van der Waals surface area contributed by atoms with Gasteiger partial charge in [-0.3, -0.25) is 0 Å². The van der Waals surface area contributed by atoms with E-state index in [4.69, 9.17) is 5.11 Å². The van der Waals surface area contributed by atoms with Gasteiger partial charge in [-0.15, -0.1) is 0 Å². The van der Waals surface area contributed by atoms with Crippen molar-refractivity contribution in [1.82, 2.24) is 0 Å². The first-order valence-electron chi connectivity index (χ1n) is 2.95. The summed E-state index contributed by atoms with van der Waals surface area (Å²) < 4.78 is 0. The van der Waals surface area contributed by atoms with Gasteiger partial charge in [0.15, 0.2) is 0 Å². The van der Waals surface area contributed by atoms with Gasteiger partial charge in [-0.05, 0) is 24.6 Å². The average Bonchev–Trinajstić information content (AvgIpc) is 1.90. The van der Waals surface area contributed by atoms with Crippen LogP contribution in [0.5, 0.6) is 0 Å². The van der Waals surface area contributed by atoms with Gasteiger partial charge in [0.25, 0.3) is 0 Å².